The van der Waals surface area contributed by atoms with Crippen LogP contribution < -0.4 is 0 Å². The molecule has 0 spiro atoms. The van der Waals surface area contributed by atoms with Gasteiger partial charge in [-0.1, -0.05) is 45.9 Å². The van der Waals surface area contributed by atoms with Crippen molar-refractivity contribution in [2.75, 3.05) is 0 Å². The van der Waals surface area contributed by atoms with Crippen molar-refractivity contribution in [2.24, 2.45) is 0 Å². The molecule has 0 aliphatic heterocycles. The van der Waals surface area contributed by atoms with Gasteiger partial charge in [0, 0.05) is 17.2 Å². The minimum atomic E-state index is -0.972. The fourth-order valence-corrected chi connectivity index (χ4v) is 4.88. The van der Waals surface area contributed by atoms with Gasteiger partial charge in [-0.2, -0.15) is 0 Å². The molecule has 0 saturated heterocycles. The van der Waals surface area contributed by atoms with E-state index in [-0.39, 0.29) is 15.8 Å². The van der Waals surface area contributed by atoms with Crippen molar-refractivity contribution in [3.63, 3.8) is 0 Å². The molecule has 0 bridgehead atoms. The molecule has 0 saturated carbocycles. The Morgan fingerprint density at radius 1 is 1.17 bits per heavy atom. The maximum absolute atomic E-state index is 12.3. The highest BCUT2D eigenvalue weighted by Gasteiger charge is 2.44. The average Bonchev–Trinajstić information content (AvgIpc) is 2.63. The molecule has 3 rings (SSSR count). The molecule has 1 aromatic rings. The molecule has 5 nitrogen and oxygen atoms in total. The topological polar surface area (TPSA) is 80.4 Å². The first kappa shape index (κ1) is 22.0. The number of nitro benzene ring substituents is 1. The number of hydrogen-bond donors (Lipinski definition) is 1. The lowest BCUT2D eigenvalue weighted by molar-refractivity contribution is -0.387. The maximum Gasteiger partial charge on any atom is 0.328 e. The molecule has 5 heteroatoms. The number of carbonyl (C=O) groups is 1. The largest absolute Gasteiger partial charge is 0.478 e. The van der Waals surface area contributed by atoms with Crippen molar-refractivity contribution in [3.8, 4) is 0 Å². The second-order valence-electron chi connectivity index (χ2n) is 9.83. The lowest BCUT2D eigenvalue weighted by atomic mass is 9.61. The maximum atomic E-state index is 12.3. The van der Waals surface area contributed by atoms with E-state index in [1.807, 2.05) is 12.2 Å². The second kappa shape index (κ2) is 7.86. The number of fused-ring (bicyclic) bond motifs is 2. The average molecular weight is 410 g/mol. The summed E-state index contributed by atoms with van der Waals surface area (Å²) in [5.74, 6) is -0.972. The predicted molar refractivity (Wildman–Crippen MR) is 120 cm³/mol. The van der Waals surface area contributed by atoms with Crippen molar-refractivity contribution in [1.29, 1.82) is 0 Å². The molecule has 1 aromatic carbocycles. The predicted octanol–water partition coefficient (Wildman–Crippen LogP) is 6.25. The van der Waals surface area contributed by atoms with Crippen LogP contribution in [-0.4, -0.2) is 16.0 Å². The highest BCUT2D eigenvalue weighted by molar-refractivity contribution is 5.81. The molecule has 0 aromatic heterocycles. The number of benzene rings is 1. The molecule has 0 unspecified atom stereocenters. The monoisotopic (exact) mass is 409 g/mol. The van der Waals surface area contributed by atoms with Crippen molar-refractivity contribution in [2.45, 2.75) is 77.6 Å². The third-order valence-corrected chi connectivity index (χ3v) is 6.60. The third kappa shape index (κ3) is 4.11. The molecule has 30 heavy (non-hydrogen) atoms. The summed E-state index contributed by atoms with van der Waals surface area (Å²) in [7, 11) is 0. The zero-order valence-corrected chi connectivity index (χ0v) is 18.5. The number of rotatable bonds is 4. The van der Waals surface area contributed by atoms with Crippen LogP contribution in [0.4, 0.5) is 5.69 Å². The first-order valence-corrected chi connectivity index (χ1v) is 10.6. The second-order valence-corrected chi connectivity index (χ2v) is 9.83. The van der Waals surface area contributed by atoms with E-state index in [0.717, 1.165) is 59.6 Å². The minimum absolute atomic E-state index is 0.107. The van der Waals surface area contributed by atoms with Crippen molar-refractivity contribution in [3.05, 3.63) is 68.3 Å². The number of nitro groups is 1. The van der Waals surface area contributed by atoms with Gasteiger partial charge in [0.1, 0.15) is 0 Å². The van der Waals surface area contributed by atoms with Gasteiger partial charge in [0.2, 0.25) is 0 Å². The van der Waals surface area contributed by atoms with Crippen LogP contribution in [0.3, 0.4) is 0 Å². The van der Waals surface area contributed by atoms with E-state index in [1.54, 1.807) is 13.0 Å². The summed E-state index contributed by atoms with van der Waals surface area (Å²) in [4.78, 5) is 22.9. The highest BCUT2D eigenvalue weighted by Crippen LogP contribution is 2.52. The fourth-order valence-electron chi connectivity index (χ4n) is 4.88. The van der Waals surface area contributed by atoms with Crippen molar-refractivity contribution in [1.82, 2.24) is 0 Å². The van der Waals surface area contributed by atoms with Gasteiger partial charge in [0.25, 0.3) is 5.69 Å². The molecule has 160 valence electrons. The third-order valence-electron chi connectivity index (χ3n) is 6.60. The minimum Gasteiger partial charge on any atom is -0.478 e. The summed E-state index contributed by atoms with van der Waals surface area (Å²) in [6, 6.07) is 2.21. The summed E-state index contributed by atoms with van der Waals surface area (Å²) in [5, 5.41) is 21.1. The molecule has 0 fully saturated rings. The molecular formula is C25H31NO4. The number of hydrogen-bond acceptors (Lipinski definition) is 3. The van der Waals surface area contributed by atoms with Crippen LogP contribution in [0.25, 0.3) is 5.57 Å². The summed E-state index contributed by atoms with van der Waals surface area (Å²) in [5.41, 5.74) is 5.58. The summed E-state index contributed by atoms with van der Waals surface area (Å²) in [6.07, 6.45) is 11.1. The lowest BCUT2D eigenvalue weighted by Gasteiger charge is -2.42. The van der Waals surface area contributed by atoms with Gasteiger partial charge in [-0.05, 0) is 78.2 Å². The Morgan fingerprint density at radius 3 is 2.47 bits per heavy atom. The van der Waals surface area contributed by atoms with Crippen LogP contribution in [-0.2, 0) is 22.0 Å². The van der Waals surface area contributed by atoms with Crippen LogP contribution in [0.15, 0.2) is 35.9 Å². The molecule has 2 aliphatic rings. The number of aliphatic carboxylic acids is 1. The summed E-state index contributed by atoms with van der Waals surface area (Å²) < 4.78 is 0. The first-order valence-electron chi connectivity index (χ1n) is 10.6. The standard InChI is InChI=1S/C25H31NO4/c1-16(14-21(27)28)8-6-9-17-10-7-11-18-19(17)15-20-22(23(18)26(29)30)25(4,5)13-12-24(20,2)3/h6,8-9,14-15H,7,10-13H2,1-5H3,(H,27,28)/b8-6?,16-14+,17-9?. The van der Waals surface area contributed by atoms with E-state index >= 15 is 0 Å². The highest BCUT2D eigenvalue weighted by atomic mass is 16.6. The number of carboxylic acids is 1. The van der Waals surface area contributed by atoms with Gasteiger partial charge < -0.3 is 5.11 Å². The quantitative estimate of drug-likeness (QED) is 0.276. The van der Waals surface area contributed by atoms with Crippen LogP contribution >= 0.6 is 0 Å². The molecule has 2 aliphatic carbocycles. The molecule has 0 heterocycles. The van der Waals surface area contributed by atoms with Gasteiger partial charge in [0.05, 0.1) is 4.92 Å². The van der Waals surface area contributed by atoms with Crippen molar-refractivity contribution >= 4 is 17.2 Å². The van der Waals surface area contributed by atoms with Crippen LogP contribution in [0.2, 0.25) is 0 Å². The SMILES string of the molecule is C/C(C=CC=C1CCCc2c1cc1c(c2[N+](=O)[O-])C(C)(C)CCC1(C)C)=C\C(=O)O. The van der Waals surface area contributed by atoms with Gasteiger partial charge >= 0.3 is 5.97 Å². The van der Waals surface area contributed by atoms with E-state index < -0.39 is 5.97 Å². The number of nitrogens with zero attached hydrogens (tertiary/aromatic N) is 1. The Morgan fingerprint density at radius 2 is 1.83 bits per heavy atom. The van der Waals surface area contributed by atoms with E-state index in [2.05, 4.69) is 33.8 Å². The molecule has 0 radical (unpaired) electrons. The smallest absolute Gasteiger partial charge is 0.328 e. The Hall–Kier alpha value is -2.69. The van der Waals surface area contributed by atoms with Gasteiger partial charge in [0.15, 0.2) is 0 Å². The van der Waals surface area contributed by atoms with E-state index in [1.165, 1.54) is 0 Å². The number of allylic oxidation sites excluding steroid dienone is 5. The van der Waals surface area contributed by atoms with Gasteiger partial charge in [-0.25, -0.2) is 4.79 Å². The van der Waals surface area contributed by atoms with Gasteiger partial charge in [-0.15, -0.1) is 0 Å². The van der Waals surface area contributed by atoms with E-state index in [0.29, 0.717) is 17.7 Å². The number of carboxylic acid groups (broad SMARTS) is 1. The lowest BCUT2D eigenvalue weighted by Crippen LogP contribution is -2.35. The van der Waals surface area contributed by atoms with Crippen molar-refractivity contribution < 1.29 is 14.8 Å². The van der Waals surface area contributed by atoms with E-state index in [9.17, 15) is 14.9 Å². The van der Waals surface area contributed by atoms with Crippen LogP contribution in [0.5, 0.6) is 0 Å². The molecule has 0 atom stereocenters. The molecule has 1 N–H and O–H groups in total. The first-order chi connectivity index (χ1) is 13.9. The Kier molecular flexibility index (Phi) is 5.76. The Balaban J connectivity index is 2.20. The zero-order chi connectivity index (χ0) is 22.3. The normalized spacial score (nSPS) is 21.4. The molecule has 0 amide bonds. The Bertz CT molecular complexity index is 993. The zero-order valence-electron chi connectivity index (χ0n) is 18.5. The Labute approximate surface area is 178 Å². The van der Waals surface area contributed by atoms with Crippen LogP contribution in [0, 0.1) is 10.1 Å². The summed E-state index contributed by atoms with van der Waals surface area (Å²) >= 11 is 0. The summed E-state index contributed by atoms with van der Waals surface area (Å²) in [6.45, 7) is 10.4. The molecular weight excluding hydrogens is 378 g/mol. The fraction of sp³-hybridized carbons (Fsp3) is 0.480. The van der Waals surface area contributed by atoms with Crippen LogP contribution in [0.1, 0.15) is 82.6 Å². The van der Waals surface area contributed by atoms with Gasteiger partial charge in [-0.3, -0.25) is 10.1 Å². The van der Waals surface area contributed by atoms with E-state index in [4.69, 9.17) is 5.11 Å².